The van der Waals surface area contributed by atoms with Gasteiger partial charge in [0.2, 0.25) is 0 Å². The summed E-state index contributed by atoms with van der Waals surface area (Å²) in [6, 6.07) is 17.6. The molecule has 35 heavy (non-hydrogen) atoms. The Balaban J connectivity index is 1.85. The molecule has 0 aliphatic carbocycles. The van der Waals surface area contributed by atoms with Crippen LogP contribution in [0.1, 0.15) is 18.1 Å². The monoisotopic (exact) mass is 511 g/mol. The Hall–Kier alpha value is -4.06. The molecule has 178 valence electrons. The summed E-state index contributed by atoms with van der Waals surface area (Å²) in [7, 11) is 0. The van der Waals surface area contributed by atoms with Crippen molar-refractivity contribution in [2.45, 2.75) is 13.5 Å². The smallest absolute Gasteiger partial charge is 0.269 e. The minimum absolute atomic E-state index is 0.0160. The van der Waals surface area contributed by atoms with E-state index in [-0.39, 0.29) is 28.6 Å². The number of halogens is 2. The third-order valence-electron chi connectivity index (χ3n) is 4.59. The summed E-state index contributed by atoms with van der Waals surface area (Å²) in [4.78, 5) is 23.1. The summed E-state index contributed by atoms with van der Waals surface area (Å²) < 4.78 is 11.5. The Morgan fingerprint density at radius 3 is 2.60 bits per heavy atom. The van der Waals surface area contributed by atoms with E-state index in [0.717, 1.165) is 0 Å². The fraction of sp³-hybridized carbons (Fsp3) is 0.120. The van der Waals surface area contributed by atoms with E-state index in [1.807, 2.05) is 6.07 Å². The molecule has 8 nitrogen and oxygen atoms in total. The van der Waals surface area contributed by atoms with Crippen LogP contribution in [0.15, 0.2) is 66.2 Å². The van der Waals surface area contributed by atoms with Crippen LogP contribution >= 0.6 is 23.2 Å². The van der Waals surface area contributed by atoms with E-state index in [9.17, 15) is 20.2 Å². The molecule has 0 aromatic heterocycles. The van der Waals surface area contributed by atoms with Crippen molar-refractivity contribution >= 4 is 46.6 Å². The first-order valence-corrected chi connectivity index (χ1v) is 11.1. The number of hydrogen-bond acceptors (Lipinski definition) is 6. The van der Waals surface area contributed by atoms with Crippen LogP contribution in [-0.2, 0) is 11.4 Å². The van der Waals surface area contributed by atoms with E-state index in [2.05, 4.69) is 5.32 Å². The summed E-state index contributed by atoms with van der Waals surface area (Å²) in [5, 5.41) is 23.8. The lowest BCUT2D eigenvalue weighted by Crippen LogP contribution is -2.13. The van der Waals surface area contributed by atoms with Crippen molar-refractivity contribution in [2.75, 3.05) is 11.9 Å². The minimum atomic E-state index is -0.616. The highest BCUT2D eigenvalue weighted by Crippen LogP contribution is 2.38. The van der Waals surface area contributed by atoms with E-state index in [1.165, 1.54) is 24.3 Å². The lowest BCUT2D eigenvalue weighted by molar-refractivity contribution is -0.384. The molecular formula is C25H19Cl2N3O5. The number of hydrogen-bond donors (Lipinski definition) is 1. The van der Waals surface area contributed by atoms with Crippen LogP contribution in [0.4, 0.5) is 11.4 Å². The summed E-state index contributed by atoms with van der Waals surface area (Å²) >= 11 is 12.4. The van der Waals surface area contributed by atoms with Crippen LogP contribution in [0.5, 0.6) is 11.5 Å². The summed E-state index contributed by atoms with van der Waals surface area (Å²) in [6.07, 6.45) is 1.37. The fourth-order valence-electron chi connectivity index (χ4n) is 3.07. The second-order valence-electron chi connectivity index (χ2n) is 7.11. The predicted molar refractivity (Wildman–Crippen MR) is 134 cm³/mol. The van der Waals surface area contributed by atoms with Crippen molar-refractivity contribution in [3.8, 4) is 17.6 Å². The van der Waals surface area contributed by atoms with Gasteiger partial charge in [0.15, 0.2) is 11.5 Å². The number of benzene rings is 3. The molecule has 0 saturated carbocycles. The van der Waals surface area contributed by atoms with Crippen LogP contribution in [0.3, 0.4) is 0 Å². The maximum Gasteiger partial charge on any atom is 0.269 e. The zero-order valence-corrected chi connectivity index (χ0v) is 20.0. The van der Waals surface area contributed by atoms with Gasteiger partial charge in [-0.1, -0.05) is 41.4 Å². The maximum absolute atomic E-state index is 12.6. The van der Waals surface area contributed by atoms with Gasteiger partial charge in [0.25, 0.3) is 11.6 Å². The standard InChI is InChI=1S/C25H19Cl2N3O5/c1-2-34-23-12-17(9-18(14-28)25(31)29-20-7-4-6-19(26)13-20)11-22(27)24(23)35-15-16-5-3-8-21(10-16)30(32)33/h3-13H,2,15H2,1H3,(H,29,31)/b18-9+. The van der Waals surface area contributed by atoms with Gasteiger partial charge in [0, 0.05) is 22.8 Å². The van der Waals surface area contributed by atoms with Gasteiger partial charge in [-0.15, -0.1) is 0 Å². The van der Waals surface area contributed by atoms with Gasteiger partial charge in [-0.25, -0.2) is 0 Å². The van der Waals surface area contributed by atoms with Gasteiger partial charge in [0.1, 0.15) is 18.2 Å². The molecule has 1 amide bonds. The maximum atomic E-state index is 12.6. The van der Waals surface area contributed by atoms with Gasteiger partial charge in [-0.05, 0) is 54.5 Å². The first kappa shape index (κ1) is 25.6. The number of nitriles is 1. The molecule has 10 heteroatoms. The molecule has 0 bridgehead atoms. The van der Waals surface area contributed by atoms with Crippen LogP contribution < -0.4 is 14.8 Å². The van der Waals surface area contributed by atoms with E-state index < -0.39 is 10.8 Å². The molecule has 0 aliphatic heterocycles. The van der Waals surface area contributed by atoms with E-state index in [0.29, 0.717) is 34.2 Å². The first-order valence-electron chi connectivity index (χ1n) is 10.3. The molecule has 0 aliphatic rings. The average Bonchev–Trinajstić information content (AvgIpc) is 2.82. The minimum Gasteiger partial charge on any atom is -0.490 e. The van der Waals surface area contributed by atoms with Crippen molar-refractivity contribution < 1.29 is 19.2 Å². The van der Waals surface area contributed by atoms with Crippen LogP contribution in [0.25, 0.3) is 6.08 Å². The van der Waals surface area contributed by atoms with Crippen molar-refractivity contribution in [3.63, 3.8) is 0 Å². The molecule has 1 N–H and O–H groups in total. The number of carbonyl (C=O) groups is 1. The predicted octanol–water partition coefficient (Wildman–Crippen LogP) is 6.42. The number of ether oxygens (including phenoxy) is 2. The highest BCUT2D eigenvalue weighted by Gasteiger charge is 2.16. The molecule has 3 aromatic carbocycles. The van der Waals surface area contributed by atoms with Crippen LogP contribution in [-0.4, -0.2) is 17.4 Å². The average molecular weight is 512 g/mol. The number of amides is 1. The largest absolute Gasteiger partial charge is 0.490 e. The van der Waals surface area contributed by atoms with E-state index in [1.54, 1.807) is 49.4 Å². The highest BCUT2D eigenvalue weighted by atomic mass is 35.5. The quantitative estimate of drug-likeness (QED) is 0.153. The molecular weight excluding hydrogens is 493 g/mol. The van der Waals surface area contributed by atoms with Gasteiger partial charge in [-0.2, -0.15) is 5.26 Å². The number of nitrogens with one attached hydrogen (secondary N) is 1. The molecule has 0 unspecified atom stereocenters. The number of nitro groups is 1. The lowest BCUT2D eigenvalue weighted by Gasteiger charge is -2.15. The van der Waals surface area contributed by atoms with Crippen LogP contribution in [0.2, 0.25) is 10.0 Å². The van der Waals surface area contributed by atoms with Gasteiger partial charge >= 0.3 is 0 Å². The Morgan fingerprint density at radius 1 is 1.14 bits per heavy atom. The van der Waals surface area contributed by atoms with Gasteiger partial charge in [0.05, 0.1) is 16.6 Å². The van der Waals surface area contributed by atoms with Crippen molar-refractivity contribution in [1.29, 1.82) is 5.26 Å². The third-order valence-corrected chi connectivity index (χ3v) is 5.11. The zero-order chi connectivity index (χ0) is 25.4. The number of anilines is 1. The molecule has 0 heterocycles. The third kappa shape index (κ3) is 6.96. The molecule has 0 saturated heterocycles. The van der Waals surface area contributed by atoms with Crippen molar-refractivity contribution in [2.24, 2.45) is 0 Å². The topological polar surface area (TPSA) is 114 Å². The SMILES string of the molecule is CCOc1cc(/C=C(\C#N)C(=O)Nc2cccc(Cl)c2)cc(Cl)c1OCc1cccc([N+](=O)[O-])c1. The number of nitro benzene ring substituents is 1. The Labute approximate surface area is 211 Å². The Morgan fingerprint density at radius 2 is 1.91 bits per heavy atom. The molecule has 3 rings (SSSR count). The zero-order valence-electron chi connectivity index (χ0n) is 18.5. The molecule has 0 spiro atoms. The Bertz CT molecular complexity index is 1330. The van der Waals surface area contributed by atoms with Gasteiger partial charge < -0.3 is 14.8 Å². The summed E-state index contributed by atoms with van der Waals surface area (Å²) in [6.45, 7) is 2.10. The Kier molecular flexibility index (Phi) is 8.68. The number of rotatable bonds is 9. The number of nitrogens with zero attached hydrogens (tertiary/aromatic N) is 2. The second-order valence-corrected chi connectivity index (χ2v) is 7.96. The van der Waals surface area contributed by atoms with E-state index >= 15 is 0 Å². The van der Waals surface area contributed by atoms with Crippen LogP contribution in [0, 0.1) is 21.4 Å². The lowest BCUT2D eigenvalue weighted by atomic mass is 10.1. The fourth-order valence-corrected chi connectivity index (χ4v) is 3.53. The van der Waals surface area contributed by atoms with Crippen molar-refractivity contribution in [3.05, 3.63) is 97.5 Å². The highest BCUT2D eigenvalue weighted by molar-refractivity contribution is 6.32. The molecule has 3 aromatic rings. The normalized spacial score (nSPS) is 10.9. The number of carbonyl (C=O) groups excluding carboxylic acids is 1. The summed E-state index contributed by atoms with van der Waals surface area (Å²) in [5.74, 6) is -0.0851. The van der Waals surface area contributed by atoms with Gasteiger partial charge in [-0.3, -0.25) is 14.9 Å². The second kappa shape index (κ2) is 11.9. The molecule has 0 atom stereocenters. The summed E-state index contributed by atoms with van der Waals surface area (Å²) in [5.41, 5.74) is 1.25. The molecule has 0 radical (unpaired) electrons. The molecule has 0 fully saturated rings. The number of non-ortho nitro benzene ring substituents is 1. The van der Waals surface area contributed by atoms with E-state index in [4.69, 9.17) is 32.7 Å². The first-order chi connectivity index (χ1) is 16.8. The van der Waals surface area contributed by atoms with Crippen molar-refractivity contribution in [1.82, 2.24) is 0 Å².